The molecular weight excluding hydrogens is 340 g/mol. The van der Waals surface area contributed by atoms with E-state index in [1.54, 1.807) is 4.90 Å². The van der Waals surface area contributed by atoms with E-state index < -0.39 is 12.2 Å². The Labute approximate surface area is 161 Å². The average molecular weight is 368 g/mol. The summed E-state index contributed by atoms with van der Waals surface area (Å²) in [6, 6.07) is 15.9. The summed E-state index contributed by atoms with van der Waals surface area (Å²) in [5.74, 6) is -0.00939. The number of likely N-dealkylation sites (N-methyl/N-ethyl adjacent to an activating group) is 1. The van der Waals surface area contributed by atoms with E-state index in [9.17, 15) is 9.59 Å². The number of carbonyl (C=O) groups excluding carboxylic acids is 2. The first-order chi connectivity index (χ1) is 12.9. The Bertz CT molecular complexity index is 709. The van der Waals surface area contributed by atoms with Crippen molar-refractivity contribution >= 4 is 12.0 Å². The number of hydrogen-bond donors (Lipinski definition) is 1. The number of nitrogens with one attached hydrogen (secondary N) is 1. The highest BCUT2D eigenvalue weighted by atomic mass is 16.6. The number of rotatable bonds is 7. The lowest BCUT2D eigenvalue weighted by atomic mass is 9.99. The number of amides is 2. The van der Waals surface area contributed by atoms with Gasteiger partial charge in [0.15, 0.2) is 6.10 Å². The number of alkyl carbamates (subject to hydrolysis) is 1. The highest BCUT2D eigenvalue weighted by Gasteiger charge is 2.19. The fraction of sp³-hybridized carbons (Fsp3) is 0.364. The number of carbonyl (C=O) groups is 2. The van der Waals surface area contributed by atoms with Crippen LogP contribution in [-0.2, 0) is 9.53 Å². The van der Waals surface area contributed by atoms with Crippen LogP contribution in [0.1, 0.15) is 42.2 Å². The smallest absolute Gasteiger partial charge is 0.408 e. The van der Waals surface area contributed by atoms with Crippen LogP contribution in [0.5, 0.6) is 0 Å². The fourth-order valence-corrected chi connectivity index (χ4v) is 2.79. The second kappa shape index (κ2) is 9.76. The first-order valence-corrected chi connectivity index (χ1v) is 9.23. The first-order valence-electron chi connectivity index (χ1n) is 9.23. The third kappa shape index (κ3) is 6.13. The molecule has 1 N–H and O–H groups in total. The summed E-state index contributed by atoms with van der Waals surface area (Å²) in [6.45, 7) is 8.89. The van der Waals surface area contributed by atoms with Crippen LogP contribution in [0.15, 0.2) is 48.5 Å². The molecule has 144 valence electrons. The Morgan fingerprint density at radius 1 is 0.963 bits per heavy atom. The molecule has 2 aromatic carbocycles. The molecule has 0 saturated carbocycles. The molecule has 27 heavy (non-hydrogen) atoms. The van der Waals surface area contributed by atoms with E-state index in [-0.39, 0.29) is 5.91 Å². The second-order valence-corrected chi connectivity index (χ2v) is 6.63. The van der Waals surface area contributed by atoms with Crippen LogP contribution in [0.4, 0.5) is 4.79 Å². The van der Waals surface area contributed by atoms with Crippen LogP contribution in [-0.4, -0.2) is 36.5 Å². The molecule has 0 atom stereocenters. The van der Waals surface area contributed by atoms with Gasteiger partial charge in [-0.1, -0.05) is 59.7 Å². The van der Waals surface area contributed by atoms with Gasteiger partial charge in [-0.25, -0.2) is 4.79 Å². The molecule has 2 amide bonds. The first kappa shape index (κ1) is 20.5. The van der Waals surface area contributed by atoms with Gasteiger partial charge in [0.2, 0.25) is 5.91 Å². The summed E-state index contributed by atoms with van der Waals surface area (Å²) in [7, 11) is 0. The van der Waals surface area contributed by atoms with Crippen molar-refractivity contribution in [2.24, 2.45) is 0 Å². The Hall–Kier alpha value is -2.82. The van der Waals surface area contributed by atoms with Gasteiger partial charge in [-0.15, -0.1) is 0 Å². The molecule has 0 unspecified atom stereocenters. The van der Waals surface area contributed by atoms with E-state index in [4.69, 9.17) is 4.74 Å². The Morgan fingerprint density at radius 3 is 1.85 bits per heavy atom. The van der Waals surface area contributed by atoms with Crippen molar-refractivity contribution in [3.63, 3.8) is 0 Å². The molecule has 5 heteroatoms. The molecule has 0 fully saturated rings. The topological polar surface area (TPSA) is 58.6 Å². The molecule has 0 bridgehead atoms. The largest absolute Gasteiger partial charge is 0.436 e. The van der Waals surface area contributed by atoms with Crippen LogP contribution in [0.25, 0.3) is 0 Å². The third-order valence-corrected chi connectivity index (χ3v) is 4.46. The molecule has 0 saturated heterocycles. The molecule has 2 aromatic rings. The van der Waals surface area contributed by atoms with E-state index in [1.807, 2.05) is 69.3 Å². The van der Waals surface area contributed by atoms with E-state index in [0.29, 0.717) is 19.6 Å². The van der Waals surface area contributed by atoms with E-state index in [2.05, 4.69) is 5.32 Å². The van der Waals surface area contributed by atoms with Crippen molar-refractivity contribution in [1.29, 1.82) is 0 Å². The SMILES string of the molecule is CCN(CCNC(=O)OC(c1ccc(C)cc1)c1ccc(C)cc1)C(C)=O. The molecule has 0 aliphatic rings. The summed E-state index contributed by atoms with van der Waals surface area (Å²) in [6.07, 6.45) is -0.984. The summed E-state index contributed by atoms with van der Waals surface area (Å²) < 4.78 is 5.72. The van der Waals surface area contributed by atoms with Gasteiger partial charge in [0, 0.05) is 26.6 Å². The molecule has 0 aromatic heterocycles. The molecule has 2 rings (SSSR count). The summed E-state index contributed by atoms with van der Waals surface area (Å²) in [5, 5.41) is 2.74. The van der Waals surface area contributed by atoms with Crippen molar-refractivity contribution in [2.45, 2.75) is 33.8 Å². The quantitative estimate of drug-likeness (QED) is 0.804. The maximum Gasteiger partial charge on any atom is 0.408 e. The average Bonchev–Trinajstić information content (AvgIpc) is 2.64. The van der Waals surface area contributed by atoms with Crippen LogP contribution >= 0.6 is 0 Å². The van der Waals surface area contributed by atoms with Crippen molar-refractivity contribution < 1.29 is 14.3 Å². The zero-order valence-electron chi connectivity index (χ0n) is 16.5. The summed E-state index contributed by atoms with van der Waals surface area (Å²) in [5.41, 5.74) is 4.13. The standard InChI is InChI=1S/C22H28N2O3/c1-5-24(18(4)25)15-14-23-22(26)27-21(19-10-6-16(2)7-11-19)20-12-8-17(3)9-13-20/h6-13,21H,5,14-15H2,1-4H3,(H,23,26). The number of benzene rings is 2. The molecular formula is C22H28N2O3. The van der Waals surface area contributed by atoms with Crippen molar-refractivity contribution in [3.8, 4) is 0 Å². The molecule has 0 aliphatic carbocycles. The van der Waals surface area contributed by atoms with Gasteiger partial charge in [-0.2, -0.15) is 0 Å². The minimum Gasteiger partial charge on any atom is -0.436 e. The van der Waals surface area contributed by atoms with Crippen molar-refractivity contribution in [2.75, 3.05) is 19.6 Å². The molecule has 5 nitrogen and oxygen atoms in total. The minimum absolute atomic E-state index is 0.00939. The number of aryl methyl sites for hydroxylation is 2. The van der Waals surface area contributed by atoms with E-state index in [0.717, 1.165) is 22.3 Å². The normalized spacial score (nSPS) is 10.6. The zero-order chi connectivity index (χ0) is 19.8. The van der Waals surface area contributed by atoms with E-state index >= 15 is 0 Å². The van der Waals surface area contributed by atoms with Gasteiger partial charge in [-0.05, 0) is 31.9 Å². The van der Waals surface area contributed by atoms with Crippen molar-refractivity contribution in [3.05, 3.63) is 70.8 Å². The van der Waals surface area contributed by atoms with Crippen LogP contribution in [0.2, 0.25) is 0 Å². The summed E-state index contributed by atoms with van der Waals surface area (Å²) in [4.78, 5) is 25.4. The van der Waals surface area contributed by atoms with Gasteiger partial charge in [0.05, 0.1) is 0 Å². The van der Waals surface area contributed by atoms with E-state index in [1.165, 1.54) is 6.92 Å². The highest BCUT2D eigenvalue weighted by Crippen LogP contribution is 2.26. The fourth-order valence-electron chi connectivity index (χ4n) is 2.79. The van der Waals surface area contributed by atoms with Gasteiger partial charge < -0.3 is 15.0 Å². The Kier molecular flexibility index (Phi) is 7.41. The predicted octanol–water partition coefficient (Wildman–Crippen LogP) is 3.99. The lowest BCUT2D eigenvalue weighted by molar-refractivity contribution is -0.128. The zero-order valence-corrected chi connectivity index (χ0v) is 16.5. The van der Waals surface area contributed by atoms with Gasteiger partial charge in [0.25, 0.3) is 0 Å². The minimum atomic E-state index is -0.499. The number of hydrogen-bond acceptors (Lipinski definition) is 3. The Balaban J connectivity index is 2.07. The second-order valence-electron chi connectivity index (χ2n) is 6.63. The molecule has 0 heterocycles. The highest BCUT2D eigenvalue weighted by molar-refractivity contribution is 5.73. The van der Waals surface area contributed by atoms with Crippen LogP contribution < -0.4 is 5.32 Å². The summed E-state index contributed by atoms with van der Waals surface area (Å²) >= 11 is 0. The third-order valence-electron chi connectivity index (χ3n) is 4.46. The molecule has 0 aliphatic heterocycles. The van der Waals surface area contributed by atoms with Crippen molar-refractivity contribution in [1.82, 2.24) is 10.2 Å². The predicted molar refractivity (Wildman–Crippen MR) is 107 cm³/mol. The monoisotopic (exact) mass is 368 g/mol. The Morgan fingerprint density at radius 2 is 1.44 bits per heavy atom. The number of nitrogens with zero attached hydrogens (tertiary/aromatic N) is 1. The van der Waals surface area contributed by atoms with Gasteiger partial charge >= 0.3 is 6.09 Å². The number of ether oxygens (including phenoxy) is 1. The van der Waals surface area contributed by atoms with Crippen LogP contribution in [0, 0.1) is 13.8 Å². The maximum absolute atomic E-state index is 12.3. The van der Waals surface area contributed by atoms with Crippen LogP contribution in [0.3, 0.4) is 0 Å². The molecule has 0 radical (unpaired) electrons. The lowest BCUT2D eigenvalue weighted by Gasteiger charge is -2.21. The molecule has 0 spiro atoms. The van der Waals surface area contributed by atoms with Gasteiger partial charge in [0.1, 0.15) is 0 Å². The van der Waals surface area contributed by atoms with Gasteiger partial charge in [-0.3, -0.25) is 4.79 Å². The lowest BCUT2D eigenvalue weighted by Crippen LogP contribution is -2.37. The maximum atomic E-state index is 12.3.